The maximum Gasteiger partial charge on any atom is 0.255 e. The Morgan fingerprint density at radius 1 is 0.264 bits per heavy atom. The Kier molecular flexibility index (Phi) is 12.1. The predicted molar refractivity (Wildman–Crippen MR) is 302 cm³/mol. The molecule has 0 saturated heterocycles. The molecule has 10 aromatic carbocycles. The van der Waals surface area contributed by atoms with Gasteiger partial charge in [0.1, 0.15) is 57.0 Å². The van der Waals surface area contributed by atoms with Crippen molar-refractivity contribution in [1.82, 2.24) is 10.6 Å². The second-order valence-electron chi connectivity index (χ2n) is 18.6. The summed E-state index contributed by atoms with van der Waals surface area (Å²) in [6, 6.07) is 96.7. The minimum absolute atomic E-state index is 0.174. The van der Waals surface area contributed by atoms with Gasteiger partial charge in [0.2, 0.25) is 0 Å². The molecule has 346 valence electrons. The molecule has 2 amide bonds. The quantitative estimate of drug-likeness (QED) is 0.120. The van der Waals surface area contributed by atoms with Crippen molar-refractivity contribution in [3.8, 4) is 0 Å². The van der Waals surface area contributed by atoms with Crippen LogP contribution in [-0.4, -0.2) is 23.9 Å². The molecule has 0 unspecified atom stereocenters. The smallest absolute Gasteiger partial charge is 0.255 e. The van der Waals surface area contributed by atoms with Crippen molar-refractivity contribution in [2.24, 2.45) is 0 Å². The third-order valence-corrected chi connectivity index (χ3v) is 23.6. The zero-order chi connectivity index (χ0) is 48.5. The number of benzene rings is 10. The highest BCUT2D eigenvalue weighted by Gasteiger charge is 2.55. The van der Waals surface area contributed by atoms with Crippen LogP contribution in [0.4, 0.5) is 0 Å². The van der Waals surface area contributed by atoms with Gasteiger partial charge in [-0.15, -0.1) is 0 Å². The summed E-state index contributed by atoms with van der Waals surface area (Å²) in [5.74, 6) is -0.819. The molecular weight excluding hydrogens is 915 g/mol. The first-order valence-electron chi connectivity index (χ1n) is 24.7. The molecule has 0 aromatic heterocycles. The fourth-order valence-electron chi connectivity index (χ4n) is 12.0. The summed E-state index contributed by atoms with van der Waals surface area (Å²) in [6.45, 7) is 0. The van der Waals surface area contributed by atoms with Crippen LogP contribution in [0.25, 0.3) is 0 Å². The summed E-state index contributed by atoms with van der Waals surface area (Å²) in [7, 11) is -5.35. The molecule has 3 aliphatic rings. The lowest BCUT2D eigenvalue weighted by Gasteiger charge is -2.51. The number of carbonyl (C=O) groups excluding carboxylic acids is 2. The second kappa shape index (κ2) is 19.3. The van der Waals surface area contributed by atoms with Crippen LogP contribution in [0.2, 0.25) is 0 Å². The number of hydrogen-bond donors (Lipinski definition) is 2. The molecule has 2 bridgehead atoms. The van der Waals surface area contributed by atoms with Crippen molar-refractivity contribution in [3.05, 3.63) is 312 Å². The van der Waals surface area contributed by atoms with Crippen molar-refractivity contribution in [1.29, 1.82) is 0 Å². The van der Waals surface area contributed by atoms with E-state index in [0.717, 1.165) is 42.4 Å². The van der Waals surface area contributed by atoms with Gasteiger partial charge in [0.15, 0.2) is 0 Å². The molecule has 0 heterocycles. The van der Waals surface area contributed by atoms with Crippen LogP contribution in [0, 0.1) is 0 Å². The lowest BCUT2D eigenvalue weighted by molar-refractivity contribution is 0.0859. The van der Waals surface area contributed by atoms with Gasteiger partial charge in [0.25, 0.3) is 11.8 Å². The fourth-order valence-corrected chi connectivity index (χ4v) is 20.9. The van der Waals surface area contributed by atoms with Crippen LogP contribution < -0.4 is 53.1 Å². The molecule has 10 aromatic rings. The first-order chi connectivity index (χ1) is 35.6. The molecule has 0 fully saturated rings. The molecule has 0 saturated carbocycles. The molecule has 6 heteroatoms. The standard InChI is InChI=1S/C66H50N2O2P2/c69-65(57-43-23-25-45-59(57)71(47-27-7-1-8-28-47,48-29-9-2-10-30-48)49-31-11-3-12-32-49)67-63-61-53-39-19-21-41-55(53)62(56-42-22-20-40-54(56)61)64(63)68-66(70)58-44-24-26-46-60(58)72(50-33-13-4-14-34-50,51-35-15-5-16-36-51)52-37-17-6-18-38-52/h1-46,61-64H/p+2/t61?,62?,63-,64-/m1/s1. The third-order valence-electron chi connectivity index (χ3n) is 14.9. The van der Waals surface area contributed by atoms with Gasteiger partial charge in [-0.1, -0.05) is 182 Å². The van der Waals surface area contributed by atoms with Crippen molar-refractivity contribution in [3.63, 3.8) is 0 Å². The fraction of sp³-hybridized carbons (Fsp3) is 0.0606. The van der Waals surface area contributed by atoms with Crippen molar-refractivity contribution in [2.45, 2.75) is 23.9 Å². The van der Waals surface area contributed by atoms with E-state index in [1.54, 1.807) is 0 Å². The number of rotatable bonds is 12. The van der Waals surface area contributed by atoms with Crippen LogP contribution in [0.15, 0.2) is 279 Å². The van der Waals surface area contributed by atoms with Crippen LogP contribution in [-0.2, 0) is 0 Å². The third kappa shape index (κ3) is 7.45. The van der Waals surface area contributed by atoms with E-state index in [1.807, 2.05) is 24.3 Å². The van der Waals surface area contributed by atoms with Gasteiger partial charge < -0.3 is 10.6 Å². The Bertz CT molecular complexity index is 3060. The number of amides is 2. The Labute approximate surface area is 423 Å². The van der Waals surface area contributed by atoms with Crippen molar-refractivity contribution < 1.29 is 9.59 Å². The first-order valence-corrected chi connectivity index (χ1v) is 28.3. The van der Waals surface area contributed by atoms with Gasteiger partial charge in [-0.3, -0.25) is 9.59 Å². The van der Waals surface area contributed by atoms with Gasteiger partial charge >= 0.3 is 0 Å². The van der Waals surface area contributed by atoms with E-state index in [2.05, 4.69) is 265 Å². The zero-order valence-electron chi connectivity index (χ0n) is 39.6. The maximum absolute atomic E-state index is 15.9. The average molecular weight is 967 g/mol. The van der Waals surface area contributed by atoms with Gasteiger partial charge in [-0.2, -0.15) is 0 Å². The number of nitrogens with one attached hydrogen (secondary N) is 2. The second-order valence-corrected chi connectivity index (χ2v) is 25.3. The lowest BCUT2D eigenvalue weighted by atomic mass is 9.59. The first kappa shape index (κ1) is 45.2. The molecule has 0 aliphatic heterocycles. The van der Waals surface area contributed by atoms with E-state index in [9.17, 15) is 0 Å². The van der Waals surface area contributed by atoms with Gasteiger partial charge in [0.05, 0.1) is 23.2 Å². The molecule has 13 rings (SSSR count). The van der Waals surface area contributed by atoms with Crippen molar-refractivity contribution in [2.75, 3.05) is 0 Å². The molecular formula is C66H52N2O2P2+2. The van der Waals surface area contributed by atoms with E-state index in [-0.39, 0.29) is 23.7 Å². The van der Waals surface area contributed by atoms with E-state index in [1.165, 1.54) is 22.3 Å². The number of hydrogen-bond acceptors (Lipinski definition) is 2. The highest BCUT2D eigenvalue weighted by molar-refractivity contribution is 8.02. The molecule has 4 nitrogen and oxygen atoms in total. The largest absolute Gasteiger partial charge is 0.346 e. The highest BCUT2D eigenvalue weighted by atomic mass is 31.2. The normalized spacial score (nSPS) is 16.7. The Morgan fingerprint density at radius 2 is 0.472 bits per heavy atom. The summed E-state index contributed by atoms with van der Waals surface area (Å²) in [6.07, 6.45) is 0. The Morgan fingerprint density at radius 3 is 0.722 bits per heavy atom. The van der Waals surface area contributed by atoms with Gasteiger partial charge in [0, 0.05) is 11.8 Å². The van der Waals surface area contributed by atoms with Crippen molar-refractivity contribution >= 4 is 68.8 Å². The molecule has 0 radical (unpaired) electrons. The summed E-state index contributed by atoms with van der Waals surface area (Å²) < 4.78 is 0. The van der Waals surface area contributed by atoms with E-state index < -0.39 is 26.6 Å². The minimum Gasteiger partial charge on any atom is -0.346 e. The molecule has 3 aliphatic carbocycles. The van der Waals surface area contributed by atoms with Crippen LogP contribution in [0.3, 0.4) is 0 Å². The lowest BCUT2D eigenvalue weighted by Crippen LogP contribution is -2.62. The minimum atomic E-state index is -2.67. The summed E-state index contributed by atoms with van der Waals surface area (Å²) in [5, 5.41) is 16.3. The Hall–Kier alpha value is -8.00. The zero-order valence-corrected chi connectivity index (χ0v) is 41.4. The summed E-state index contributed by atoms with van der Waals surface area (Å²) in [5.41, 5.74) is 5.92. The molecule has 0 spiro atoms. The Balaban J connectivity index is 1.02. The summed E-state index contributed by atoms with van der Waals surface area (Å²) >= 11 is 0. The summed E-state index contributed by atoms with van der Waals surface area (Å²) in [4.78, 5) is 31.9. The topological polar surface area (TPSA) is 58.2 Å². The maximum atomic E-state index is 15.9. The molecule has 72 heavy (non-hydrogen) atoms. The SMILES string of the molecule is O=C(N[C@@H]1C2c3ccccc3C(c3ccccc32)[C@H]1NC(=O)c1ccccc1[P+](c1ccccc1)(c1ccccc1)c1ccccc1)c1ccccc1[P+](c1ccccc1)(c1ccccc1)c1ccccc1. The number of fused-ring (bicyclic) bond motifs is 1. The van der Waals surface area contributed by atoms with Crippen LogP contribution >= 0.6 is 14.5 Å². The van der Waals surface area contributed by atoms with Crippen LogP contribution in [0.5, 0.6) is 0 Å². The van der Waals surface area contributed by atoms with Crippen LogP contribution in [0.1, 0.15) is 54.8 Å². The van der Waals surface area contributed by atoms with E-state index in [4.69, 9.17) is 0 Å². The highest BCUT2D eigenvalue weighted by Crippen LogP contribution is 2.57. The van der Waals surface area contributed by atoms with E-state index >= 15 is 9.59 Å². The number of carbonyl (C=O) groups is 2. The molecule has 2 N–H and O–H groups in total. The monoisotopic (exact) mass is 966 g/mol. The molecule has 2 atom stereocenters. The average Bonchev–Trinajstić information content (AvgIpc) is 3.46. The van der Waals surface area contributed by atoms with Gasteiger partial charge in [-0.25, -0.2) is 0 Å². The van der Waals surface area contributed by atoms with Gasteiger partial charge in [-0.05, 0) is 119 Å². The predicted octanol–water partition coefficient (Wildman–Crippen LogP) is 10.1. The van der Waals surface area contributed by atoms with E-state index in [0.29, 0.717) is 11.1 Å².